The van der Waals surface area contributed by atoms with Crippen LogP contribution in [0.1, 0.15) is 26.3 Å². The third-order valence-electron chi connectivity index (χ3n) is 2.42. The van der Waals surface area contributed by atoms with Gasteiger partial charge in [-0.25, -0.2) is 0 Å². The van der Waals surface area contributed by atoms with Gasteiger partial charge in [0.1, 0.15) is 5.75 Å². The molecule has 0 aliphatic carbocycles. The zero-order chi connectivity index (χ0) is 13.1. The topological polar surface area (TPSA) is 38.5 Å². The molecule has 0 aliphatic rings. The van der Waals surface area contributed by atoms with Crippen molar-refractivity contribution in [2.75, 3.05) is 26.4 Å². The molecule has 0 fully saturated rings. The molecule has 0 spiro atoms. The van der Waals surface area contributed by atoms with Crippen molar-refractivity contribution in [1.82, 2.24) is 4.90 Å². The van der Waals surface area contributed by atoms with Crippen LogP contribution in [-0.4, -0.2) is 25.6 Å². The van der Waals surface area contributed by atoms with Gasteiger partial charge in [0.05, 0.1) is 7.11 Å². The van der Waals surface area contributed by atoms with Crippen molar-refractivity contribution in [3.05, 3.63) is 23.8 Å². The molecule has 0 saturated heterocycles. The van der Waals surface area contributed by atoms with Gasteiger partial charge >= 0.3 is 0 Å². The molecule has 3 heteroatoms. The summed E-state index contributed by atoms with van der Waals surface area (Å²) in [6, 6.07) is 5.88. The van der Waals surface area contributed by atoms with E-state index in [4.69, 9.17) is 10.5 Å². The lowest BCUT2D eigenvalue weighted by molar-refractivity contribution is 0.220. The van der Waals surface area contributed by atoms with Crippen molar-refractivity contribution in [3.8, 4) is 5.75 Å². The molecular formula is C14H24N2O. The van der Waals surface area contributed by atoms with Crippen LogP contribution in [0.25, 0.3) is 0 Å². The number of hydrogen-bond donors (Lipinski definition) is 1. The molecule has 0 unspecified atom stereocenters. The highest BCUT2D eigenvalue weighted by Crippen LogP contribution is 2.21. The molecule has 0 heterocycles. The predicted molar refractivity (Wildman–Crippen MR) is 73.2 cm³/mol. The van der Waals surface area contributed by atoms with Crippen molar-refractivity contribution >= 4 is 5.69 Å². The number of rotatable bonds is 4. The number of anilines is 1. The maximum absolute atomic E-state index is 5.84. The summed E-state index contributed by atoms with van der Waals surface area (Å²) in [6.45, 7) is 8.65. The van der Waals surface area contributed by atoms with Crippen LogP contribution in [0.5, 0.6) is 5.75 Å². The van der Waals surface area contributed by atoms with Crippen LogP contribution in [-0.2, 0) is 6.54 Å². The van der Waals surface area contributed by atoms with Gasteiger partial charge in [0, 0.05) is 24.8 Å². The van der Waals surface area contributed by atoms with E-state index in [1.165, 1.54) is 5.56 Å². The lowest BCUT2D eigenvalue weighted by Crippen LogP contribution is -2.28. The Labute approximate surface area is 105 Å². The smallest absolute Gasteiger partial charge is 0.121 e. The van der Waals surface area contributed by atoms with Crippen molar-refractivity contribution in [3.63, 3.8) is 0 Å². The normalized spacial score (nSPS) is 11.9. The van der Waals surface area contributed by atoms with E-state index in [0.717, 1.165) is 24.5 Å². The van der Waals surface area contributed by atoms with Gasteiger partial charge in [-0.1, -0.05) is 20.8 Å². The molecule has 3 nitrogen and oxygen atoms in total. The molecule has 1 rings (SSSR count). The number of benzene rings is 1. The minimum Gasteiger partial charge on any atom is -0.497 e. The molecule has 0 saturated carbocycles. The van der Waals surface area contributed by atoms with Crippen LogP contribution in [0.4, 0.5) is 5.69 Å². The number of hydrogen-bond acceptors (Lipinski definition) is 3. The van der Waals surface area contributed by atoms with Gasteiger partial charge in [-0.05, 0) is 30.2 Å². The fourth-order valence-corrected chi connectivity index (χ4v) is 2.07. The predicted octanol–water partition coefficient (Wildman–Crippen LogP) is 2.76. The first-order valence-electron chi connectivity index (χ1n) is 5.92. The quantitative estimate of drug-likeness (QED) is 0.817. The molecule has 0 bridgehead atoms. The van der Waals surface area contributed by atoms with E-state index in [-0.39, 0.29) is 0 Å². The fraction of sp³-hybridized carbons (Fsp3) is 0.571. The second kappa shape index (κ2) is 5.41. The maximum atomic E-state index is 5.84. The van der Waals surface area contributed by atoms with Gasteiger partial charge in [-0.2, -0.15) is 0 Å². The lowest BCUT2D eigenvalue weighted by atomic mass is 9.96. The van der Waals surface area contributed by atoms with E-state index in [1.807, 2.05) is 18.2 Å². The zero-order valence-electron chi connectivity index (χ0n) is 11.6. The fourth-order valence-electron chi connectivity index (χ4n) is 2.07. The monoisotopic (exact) mass is 236 g/mol. The average Bonchev–Trinajstić information content (AvgIpc) is 2.13. The molecule has 96 valence electrons. The minimum absolute atomic E-state index is 0.305. The Bertz CT molecular complexity index is 369. The molecule has 1 aromatic rings. The standard InChI is InChI=1S/C14H24N2O/c1-14(2,3)10-16(4)9-11-6-12(15)8-13(7-11)17-5/h6-8H,9-10,15H2,1-5H3. The van der Waals surface area contributed by atoms with Gasteiger partial charge < -0.3 is 15.4 Å². The number of ether oxygens (including phenoxy) is 1. The minimum atomic E-state index is 0.305. The highest BCUT2D eigenvalue weighted by atomic mass is 16.5. The number of methoxy groups -OCH3 is 1. The largest absolute Gasteiger partial charge is 0.497 e. The second-order valence-corrected chi connectivity index (χ2v) is 5.85. The van der Waals surface area contributed by atoms with Gasteiger partial charge in [0.25, 0.3) is 0 Å². The lowest BCUT2D eigenvalue weighted by Gasteiger charge is -2.26. The van der Waals surface area contributed by atoms with E-state index >= 15 is 0 Å². The van der Waals surface area contributed by atoms with Crippen LogP contribution in [0.2, 0.25) is 0 Å². The molecule has 17 heavy (non-hydrogen) atoms. The zero-order valence-corrected chi connectivity index (χ0v) is 11.6. The highest BCUT2D eigenvalue weighted by Gasteiger charge is 2.13. The first-order valence-corrected chi connectivity index (χ1v) is 5.92. The molecule has 0 amide bonds. The molecule has 0 radical (unpaired) electrons. The van der Waals surface area contributed by atoms with Gasteiger partial charge in [0.15, 0.2) is 0 Å². The highest BCUT2D eigenvalue weighted by molar-refractivity contribution is 5.47. The summed E-state index contributed by atoms with van der Waals surface area (Å²) < 4.78 is 5.22. The Morgan fingerprint density at radius 1 is 1.24 bits per heavy atom. The average molecular weight is 236 g/mol. The Hall–Kier alpha value is -1.22. The first kappa shape index (κ1) is 13.8. The summed E-state index contributed by atoms with van der Waals surface area (Å²) in [5.41, 5.74) is 8.09. The van der Waals surface area contributed by atoms with E-state index in [1.54, 1.807) is 7.11 Å². The van der Waals surface area contributed by atoms with Crippen LogP contribution in [0.15, 0.2) is 18.2 Å². The van der Waals surface area contributed by atoms with Crippen LogP contribution >= 0.6 is 0 Å². The molecular weight excluding hydrogens is 212 g/mol. The summed E-state index contributed by atoms with van der Waals surface area (Å²) in [5, 5.41) is 0. The van der Waals surface area contributed by atoms with E-state index in [9.17, 15) is 0 Å². The van der Waals surface area contributed by atoms with E-state index < -0.39 is 0 Å². The summed E-state index contributed by atoms with van der Waals surface area (Å²) in [5.74, 6) is 0.823. The van der Waals surface area contributed by atoms with Crippen LogP contribution in [0.3, 0.4) is 0 Å². The second-order valence-electron chi connectivity index (χ2n) is 5.85. The Morgan fingerprint density at radius 2 is 1.88 bits per heavy atom. The Kier molecular flexibility index (Phi) is 4.40. The third kappa shape index (κ3) is 5.09. The van der Waals surface area contributed by atoms with Crippen LogP contribution in [0, 0.1) is 5.41 Å². The van der Waals surface area contributed by atoms with E-state index in [2.05, 4.69) is 32.7 Å². The van der Waals surface area contributed by atoms with E-state index in [0.29, 0.717) is 5.41 Å². The third-order valence-corrected chi connectivity index (χ3v) is 2.42. The molecule has 0 aliphatic heterocycles. The molecule has 0 aromatic heterocycles. The van der Waals surface area contributed by atoms with Crippen molar-refractivity contribution in [2.45, 2.75) is 27.3 Å². The SMILES string of the molecule is COc1cc(N)cc(CN(C)CC(C)(C)C)c1. The number of nitrogen functional groups attached to an aromatic ring is 1. The molecule has 1 aromatic carbocycles. The van der Waals surface area contributed by atoms with Crippen LogP contribution < -0.4 is 10.5 Å². The molecule has 0 atom stereocenters. The van der Waals surface area contributed by atoms with Gasteiger partial charge in [-0.3, -0.25) is 0 Å². The number of nitrogens with two attached hydrogens (primary N) is 1. The van der Waals surface area contributed by atoms with Crippen molar-refractivity contribution < 1.29 is 4.74 Å². The molecule has 2 N–H and O–H groups in total. The van der Waals surface area contributed by atoms with Crippen molar-refractivity contribution in [1.29, 1.82) is 0 Å². The Morgan fingerprint density at radius 3 is 2.41 bits per heavy atom. The van der Waals surface area contributed by atoms with Crippen molar-refractivity contribution in [2.24, 2.45) is 5.41 Å². The number of nitrogens with zero attached hydrogens (tertiary/aromatic N) is 1. The van der Waals surface area contributed by atoms with Gasteiger partial charge in [-0.15, -0.1) is 0 Å². The summed E-state index contributed by atoms with van der Waals surface area (Å²) in [7, 11) is 3.79. The summed E-state index contributed by atoms with van der Waals surface area (Å²) in [6.07, 6.45) is 0. The maximum Gasteiger partial charge on any atom is 0.121 e. The first-order chi connectivity index (χ1) is 7.80. The summed E-state index contributed by atoms with van der Waals surface area (Å²) >= 11 is 0. The summed E-state index contributed by atoms with van der Waals surface area (Å²) in [4.78, 5) is 2.30. The Balaban J connectivity index is 2.71. The van der Waals surface area contributed by atoms with Gasteiger partial charge in [0.2, 0.25) is 0 Å².